The molecule has 2 aromatic rings. The lowest BCUT2D eigenvalue weighted by molar-refractivity contribution is -0.133. The summed E-state index contributed by atoms with van der Waals surface area (Å²) < 4.78 is 4.96. The Morgan fingerprint density at radius 2 is 2.24 bits per heavy atom. The molecule has 0 unspecified atom stereocenters. The van der Waals surface area contributed by atoms with Crippen LogP contribution in [-0.4, -0.2) is 24.6 Å². The molecule has 0 aliphatic carbocycles. The fourth-order valence-electron chi connectivity index (χ4n) is 2.86. The number of benzene rings is 1. The van der Waals surface area contributed by atoms with Crippen LogP contribution in [0, 0.1) is 0 Å². The third-order valence-corrected chi connectivity index (χ3v) is 3.77. The van der Waals surface area contributed by atoms with Gasteiger partial charge in [0.2, 0.25) is 0 Å². The Kier molecular flexibility index (Phi) is 3.22. The van der Waals surface area contributed by atoms with Gasteiger partial charge in [0.25, 0.3) is 0 Å². The second-order valence-electron chi connectivity index (χ2n) is 4.88. The van der Waals surface area contributed by atoms with E-state index in [1.165, 1.54) is 7.11 Å². The van der Waals surface area contributed by atoms with Crippen molar-refractivity contribution in [2.45, 2.75) is 6.92 Å². The van der Waals surface area contributed by atoms with Gasteiger partial charge in [0.15, 0.2) is 0 Å². The van der Waals surface area contributed by atoms with E-state index in [1.54, 1.807) is 6.20 Å². The number of anilines is 1. The zero-order valence-electron chi connectivity index (χ0n) is 12.1. The van der Waals surface area contributed by atoms with E-state index in [-0.39, 0.29) is 5.97 Å². The lowest BCUT2D eigenvalue weighted by Gasteiger charge is -2.32. The van der Waals surface area contributed by atoms with E-state index in [0.717, 1.165) is 27.9 Å². The maximum absolute atomic E-state index is 12.2. The Morgan fingerprint density at radius 1 is 1.43 bits per heavy atom. The summed E-state index contributed by atoms with van der Waals surface area (Å²) in [7, 11) is 1.40. The average molecular weight is 280 g/mol. The van der Waals surface area contributed by atoms with Crippen molar-refractivity contribution in [3.05, 3.63) is 54.4 Å². The summed E-state index contributed by atoms with van der Waals surface area (Å²) in [5.74, 6) is -0.330. The minimum atomic E-state index is -0.330. The second-order valence-corrected chi connectivity index (χ2v) is 4.88. The van der Waals surface area contributed by atoms with Gasteiger partial charge in [-0.05, 0) is 25.1 Å². The van der Waals surface area contributed by atoms with Crippen LogP contribution in [0.2, 0.25) is 0 Å². The SMILES string of the molecule is C=CCN1C(C)=C(C(=O)OC)c2ccnc3cccc1c23. The van der Waals surface area contributed by atoms with Gasteiger partial charge >= 0.3 is 5.97 Å². The molecule has 2 heterocycles. The molecule has 0 N–H and O–H groups in total. The van der Waals surface area contributed by atoms with Crippen LogP contribution in [0.3, 0.4) is 0 Å². The Hall–Kier alpha value is -2.62. The van der Waals surface area contributed by atoms with Crippen molar-refractivity contribution in [2.24, 2.45) is 0 Å². The molecule has 4 nitrogen and oxygen atoms in total. The zero-order valence-corrected chi connectivity index (χ0v) is 12.1. The first-order valence-electron chi connectivity index (χ1n) is 6.74. The van der Waals surface area contributed by atoms with Crippen molar-refractivity contribution >= 4 is 28.1 Å². The van der Waals surface area contributed by atoms with Gasteiger partial charge in [-0.25, -0.2) is 4.79 Å². The van der Waals surface area contributed by atoms with Crippen molar-refractivity contribution in [3.8, 4) is 0 Å². The monoisotopic (exact) mass is 280 g/mol. The zero-order chi connectivity index (χ0) is 15.0. The molecule has 1 aliphatic heterocycles. The van der Waals surface area contributed by atoms with Crippen LogP contribution >= 0.6 is 0 Å². The molecule has 106 valence electrons. The molecule has 0 atom stereocenters. The molecule has 0 bridgehead atoms. The van der Waals surface area contributed by atoms with Gasteiger partial charge in [0.05, 0.1) is 23.9 Å². The number of carbonyl (C=O) groups excluding carboxylic acids is 1. The first-order valence-corrected chi connectivity index (χ1v) is 6.74. The van der Waals surface area contributed by atoms with E-state index in [9.17, 15) is 4.79 Å². The lowest BCUT2D eigenvalue weighted by Crippen LogP contribution is -2.27. The molecule has 0 amide bonds. The van der Waals surface area contributed by atoms with Gasteiger partial charge in [-0.2, -0.15) is 0 Å². The summed E-state index contributed by atoms with van der Waals surface area (Å²) in [5.41, 5.74) is 4.24. The van der Waals surface area contributed by atoms with Gasteiger partial charge in [-0.1, -0.05) is 12.1 Å². The molecule has 0 saturated carbocycles. The number of nitrogens with zero attached hydrogens (tertiary/aromatic N) is 2. The highest BCUT2D eigenvalue weighted by atomic mass is 16.5. The topological polar surface area (TPSA) is 42.4 Å². The van der Waals surface area contributed by atoms with Crippen LogP contribution in [0.1, 0.15) is 12.5 Å². The van der Waals surface area contributed by atoms with Crippen molar-refractivity contribution in [1.29, 1.82) is 0 Å². The molecule has 3 rings (SSSR count). The Morgan fingerprint density at radius 3 is 2.95 bits per heavy atom. The highest BCUT2D eigenvalue weighted by Crippen LogP contribution is 2.40. The first kappa shape index (κ1) is 13.4. The summed E-state index contributed by atoms with van der Waals surface area (Å²) >= 11 is 0. The van der Waals surface area contributed by atoms with Crippen LogP contribution in [0.4, 0.5) is 5.69 Å². The lowest BCUT2D eigenvalue weighted by atomic mass is 9.94. The normalized spacial score (nSPS) is 13.5. The summed E-state index contributed by atoms with van der Waals surface area (Å²) in [4.78, 5) is 18.7. The molecule has 0 fully saturated rings. The van der Waals surface area contributed by atoms with Gasteiger partial charge in [0.1, 0.15) is 0 Å². The standard InChI is InChI=1S/C17H16N2O2/c1-4-10-19-11(2)15(17(20)21-3)12-8-9-18-13-6-5-7-14(19)16(12)13/h4-9H,1,10H2,2-3H3. The number of allylic oxidation sites excluding steroid dienone is 1. The highest BCUT2D eigenvalue weighted by Gasteiger charge is 2.28. The van der Waals surface area contributed by atoms with Crippen LogP contribution in [0.25, 0.3) is 16.5 Å². The van der Waals surface area contributed by atoms with E-state index in [1.807, 2.05) is 37.3 Å². The molecule has 0 saturated heterocycles. The quantitative estimate of drug-likeness (QED) is 0.640. The summed E-state index contributed by atoms with van der Waals surface area (Å²) in [6.07, 6.45) is 3.54. The maximum Gasteiger partial charge on any atom is 0.340 e. The van der Waals surface area contributed by atoms with E-state index in [4.69, 9.17) is 4.74 Å². The van der Waals surface area contributed by atoms with Gasteiger partial charge in [-0.3, -0.25) is 4.98 Å². The van der Waals surface area contributed by atoms with Crippen LogP contribution in [-0.2, 0) is 9.53 Å². The number of carbonyl (C=O) groups is 1. The van der Waals surface area contributed by atoms with E-state index in [2.05, 4.69) is 16.5 Å². The van der Waals surface area contributed by atoms with Crippen molar-refractivity contribution in [2.75, 3.05) is 18.6 Å². The second kappa shape index (κ2) is 5.05. The number of ether oxygens (including phenoxy) is 1. The fourth-order valence-corrected chi connectivity index (χ4v) is 2.86. The Labute approximate surface area is 123 Å². The predicted molar refractivity (Wildman–Crippen MR) is 83.9 cm³/mol. The number of hydrogen-bond acceptors (Lipinski definition) is 4. The van der Waals surface area contributed by atoms with E-state index in [0.29, 0.717) is 12.1 Å². The van der Waals surface area contributed by atoms with Crippen molar-refractivity contribution in [3.63, 3.8) is 0 Å². The van der Waals surface area contributed by atoms with Crippen LogP contribution in [0.5, 0.6) is 0 Å². The van der Waals surface area contributed by atoms with E-state index < -0.39 is 0 Å². The molecule has 1 aromatic heterocycles. The highest BCUT2D eigenvalue weighted by molar-refractivity contribution is 6.24. The maximum atomic E-state index is 12.2. The van der Waals surface area contributed by atoms with Crippen LogP contribution < -0.4 is 4.90 Å². The number of hydrogen-bond donors (Lipinski definition) is 0. The summed E-state index contributed by atoms with van der Waals surface area (Å²) in [6.45, 7) is 6.36. The fraction of sp³-hybridized carbons (Fsp3) is 0.176. The molecule has 1 aromatic carbocycles. The molecule has 1 aliphatic rings. The molecule has 21 heavy (non-hydrogen) atoms. The molecular formula is C17H16N2O2. The number of methoxy groups -OCH3 is 1. The predicted octanol–water partition coefficient (Wildman–Crippen LogP) is 3.14. The number of pyridine rings is 1. The number of rotatable bonds is 3. The van der Waals surface area contributed by atoms with Crippen LogP contribution in [0.15, 0.2) is 48.8 Å². The molecule has 0 radical (unpaired) electrons. The summed E-state index contributed by atoms with van der Waals surface area (Å²) in [5, 5.41) is 0.979. The van der Waals surface area contributed by atoms with Crippen molar-refractivity contribution < 1.29 is 9.53 Å². The third-order valence-electron chi connectivity index (χ3n) is 3.77. The van der Waals surface area contributed by atoms with E-state index >= 15 is 0 Å². The number of esters is 1. The van der Waals surface area contributed by atoms with Crippen molar-refractivity contribution in [1.82, 2.24) is 4.98 Å². The molecule has 0 spiro atoms. The van der Waals surface area contributed by atoms with Gasteiger partial charge in [-0.15, -0.1) is 6.58 Å². The largest absolute Gasteiger partial charge is 0.465 e. The Balaban J connectivity index is 2.39. The summed E-state index contributed by atoms with van der Waals surface area (Å²) in [6, 6.07) is 7.83. The first-order chi connectivity index (χ1) is 10.2. The average Bonchev–Trinajstić information content (AvgIpc) is 2.51. The minimum Gasteiger partial charge on any atom is -0.465 e. The van der Waals surface area contributed by atoms with Gasteiger partial charge < -0.3 is 9.64 Å². The smallest absolute Gasteiger partial charge is 0.340 e. The third kappa shape index (κ3) is 1.91. The minimum absolute atomic E-state index is 0.330. The number of aromatic nitrogens is 1. The Bertz CT molecular complexity index is 772. The molecule has 4 heteroatoms. The van der Waals surface area contributed by atoms with Gasteiger partial charge in [0, 0.05) is 29.4 Å². The molecular weight excluding hydrogens is 264 g/mol.